The van der Waals surface area contributed by atoms with Crippen LogP contribution in [0.2, 0.25) is 5.02 Å². The van der Waals surface area contributed by atoms with Crippen LogP contribution in [0.25, 0.3) is 0 Å². The molecule has 4 nitrogen and oxygen atoms in total. The van der Waals surface area contributed by atoms with Crippen LogP contribution in [0.5, 0.6) is 5.75 Å². The molecule has 2 aromatic carbocycles. The molecule has 0 aliphatic heterocycles. The van der Waals surface area contributed by atoms with Gasteiger partial charge in [-0.3, -0.25) is 4.72 Å². The van der Waals surface area contributed by atoms with Crippen molar-refractivity contribution < 1.29 is 13.2 Å². The summed E-state index contributed by atoms with van der Waals surface area (Å²) in [5, 5.41) is 0.511. The van der Waals surface area contributed by atoms with Crippen LogP contribution >= 0.6 is 27.5 Å². The second kappa shape index (κ2) is 6.25. The van der Waals surface area contributed by atoms with Crippen LogP contribution in [-0.2, 0) is 10.0 Å². The molecule has 0 atom stereocenters. The standard InChI is InChI=1S/C14H13BrClNO3S/c1-9-6-13(14(20-2)8-12(9)16)17-21(18,19)11-5-3-4-10(15)7-11/h3-8,17H,1-2H3. The van der Waals surface area contributed by atoms with E-state index >= 15 is 0 Å². The van der Waals surface area contributed by atoms with Gasteiger partial charge in [0.25, 0.3) is 10.0 Å². The van der Waals surface area contributed by atoms with Crippen molar-refractivity contribution >= 4 is 43.2 Å². The lowest BCUT2D eigenvalue weighted by molar-refractivity contribution is 0.417. The first kappa shape index (κ1) is 16.1. The van der Waals surface area contributed by atoms with Gasteiger partial charge >= 0.3 is 0 Å². The predicted molar refractivity (Wildman–Crippen MR) is 87.7 cm³/mol. The Kier molecular flexibility index (Phi) is 4.81. The van der Waals surface area contributed by atoms with Gasteiger partial charge in [0.05, 0.1) is 17.7 Å². The number of hydrogen-bond donors (Lipinski definition) is 1. The van der Waals surface area contributed by atoms with Crippen LogP contribution in [0.4, 0.5) is 5.69 Å². The summed E-state index contributed by atoms with van der Waals surface area (Å²) >= 11 is 9.27. The second-order valence-electron chi connectivity index (χ2n) is 4.36. The first-order valence-corrected chi connectivity index (χ1v) is 8.61. The normalized spacial score (nSPS) is 11.2. The van der Waals surface area contributed by atoms with Gasteiger partial charge in [-0.15, -0.1) is 0 Å². The number of ether oxygens (including phenoxy) is 1. The van der Waals surface area contributed by atoms with Gasteiger partial charge in [0, 0.05) is 15.6 Å². The Bertz CT molecular complexity index is 778. The lowest BCUT2D eigenvalue weighted by Gasteiger charge is -2.13. The van der Waals surface area contributed by atoms with E-state index < -0.39 is 10.0 Å². The van der Waals surface area contributed by atoms with Crippen molar-refractivity contribution in [1.29, 1.82) is 0 Å². The fourth-order valence-corrected chi connectivity index (χ4v) is 3.56. The molecule has 1 N–H and O–H groups in total. The quantitative estimate of drug-likeness (QED) is 0.850. The molecular formula is C14H13BrClNO3S. The van der Waals surface area contributed by atoms with Crippen molar-refractivity contribution in [3.05, 3.63) is 51.5 Å². The Morgan fingerprint density at radius 1 is 1.24 bits per heavy atom. The number of hydrogen-bond acceptors (Lipinski definition) is 3. The van der Waals surface area contributed by atoms with Gasteiger partial charge < -0.3 is 4.74 Å². The molecule has 0 fully saturated rings. The summed E-state index contributed by atoms with van der Waals surface area (Å²) in [7, 11) is -2.24. The van der Waals surface area contributed by atoms with E-state index in [-0.39, 0.29) is 4.90 Å². The summed E-state index contributed by atoms with van der Waals surface area (Å²) in [6.07, 6.45) is 0. The average Bonchev–Trinajstić information content (AvgIpc) is 2.42. The molecule has 0 bridgehead atoms. The maximum Gasteiger partial charge on any atom is 0.262 e. The number of halogens is 2. The van der Waals surface area contributed by atoms with Gasteiger partial charge in [-0.1, -0.05) is 33.6 Å². The number of sulfonamides is 1. The van der Waals surface area contributed by atoms with Crippen molar-refractivity contribution in [2.24, 2.45) is 0 Å². The van der Waals surface area contributed by atoms with Crippen molar-refractivity contribution in [3.63, 3.8) is 0 Å². The summed E-state index contributed by atoms with van der Waals surface area (Å²) in [5.74, 6) is 0.365. The number of anilines is 1. The van der Waals surface area contributed by atoms with E-state index in [4.69, 9.17) is 16.3 Å². The van der Waals surface area contributed by atoms with E-state index in [1.165, 1.54) is 19.2 Å². The topological polar surface area (TPSA) is 55.4 Å². The molecule has 112 valence electrons. The molecule has 0 spiro atoms. The maximum absolute atomic E-state index is 12.4. The third kappa shape index (κ3) is 3.70. The van der Waals surface area contributed by atoms with Crippen molar-refractivity contribution in [2.75, 3.05) is 11.8 Å². The summed E-state index contributed by atoms with van der Waals surface area (Å²) in [6, 6.07) is 9.67. The average molecular weight is 391 g/mol. The zero-order valence-corrected chi connectivity index (χ0v) is 14.5. The highest BCUT2D eigenvalue weighted by Gasteiger charge is 2.17. The fraction of sp³-hybridized carbons (Fsp3) is 0.143. The Balaban J connectivity index is 2.44. The summed E-state index contributed by atoms with van der Waals surface area (Å²) in [5.41, 5.74) is 1.10. The largest absolute Gasteiger partial charge is 0.495 e. The van der Waals surface area contributed by atoms with Crippen LogP contribution in [-0.4, -0.2) is 15.5 Å². The smallest absolute Gasteiger partial charge is 0.262 e. The van der Waals surface area contributed by atoms with Crippen molar-refractivity contribution in [3.8, 4) is 5.75 Å². The zero-order valence-electron chi connectivity index (χ0n) is 11.4. The van der Waals surface area contributed by atoms with Gasteiger partial charge in [-0.2, -0.15) is 0 Å². The van der Waals surface area contributed by atoms with Crippen LogP contribution in [0.15, 0.2) is 45.8 Å². The van der Waals surface area contributed by atoms with Gasteiger partial charge in [0.2, 0.25) is 0 Å². The van der Waals surface area contributed by atoms with Crippen LogP contribution in [0.1, 0.15) is 5.56 Å². The molecule has 0 saturated heterocycles. The molecule has 0 aliphatic carbocycles. The van der Waals surface area contributed by atoms with Gasteiger partial charge in [-0.25, -0.2) is 8.42 Å². The number of methoxy groups -OCH3 is 1. The minimum Gasteiger partial charge on any atom is -0.495 e. The molecule has 0 saturated carbocycles. The molecule has 0 amide bonds. The SMILES string of the molecule is COc1cc(Cl)c(C)cc1NS(=O)(=O)c1cccc(Br)c1. The predicted octanol–water partition coefficient (Wildman–Crippen LogP) is 4.22. The number of aryl methyl sites for hydroxylation is 1. The molecule has 2 rings (SSSR count). The highest BCUT2D eigenvalue weighted by Crippen LogP contribution is 2.32. The summed E-state index contributed by atoms with van der Waals surface area (Å²) in [4.78, 5) is 0.159. The number of rotatable bonds is 4. The van der Waals surface area contributed by atoms with Crippen LogP contribution < -0.4 is 9.46 Å². The highest BCUT2D eigenvalue weighted by molar-refractivity contribution is 9.10. The van der Waals surface area contributed by atoms with E-state index in [0.29, 0.717) is 20.9 Å². The molecule has 2 aromatic rings. The van der Waals surface area contributed by atoms with E-state index in [9.17, 15) is 8.42 Å². The second-order valence-corrected chi connectivity index (χ2v) is 7.37. The van der Waals surface area contributed by atoms with Gasteiger partial charge in [-0.05, 0) is 36.8 Å². The molecule has 7 heteroatoms. The Morgan fingerprint density at radius 3 is 2.57 bits per heavy atom. The molecule has 21 heavy (non-hydrogen) atoms. The van der Waals surface area contributed by atoms with E-state index in [0.717, 1.165) is 5.56 Å². The molecule has 0 aromatic heterocycles. The monoisotopic (exact) mass is 389 g/mol. The third-order valence-corrected chi connectivity index (χ3v) is 5.10. The molecular weight excluding hydrogens is 378 g/mol. The van der Waals surface area contributed by atoms with Gasteiger partial charge in [0.1, 0.15) is 5.75 Å². The van der Waals surface area contributed by atoms with Crippen LogP contribution in [0.3, 0.4) is 0 Å². The summed E-state index contributed by atoms with van der Waals surface area (Å²) in [6.45, 7) is 1.79. The van der Waals surface area contributed by atoms with Crippen molar-refractivity contribution in [1.82, 2.24) is 0 Å². The van der Waals surface area contributed by atoms with E-state index in [1.807, 2.05) is 0 Å². The molecule has 0 aliphatic rings. The van der Waals surface area contributed by atoms with E-state index in [1.54, 1.807) is 31.2 Å². The summed E-state index contributed by atoms with van der Waals surface area (Å²) < 4.78 is 33.2. The number of benzene rings is 2. The Labute approximate surface area is 137 Å². The Hall–Kier alpha value is -1.24. The fourth-order valence-electron chi connectivity index (χ4n) is 1.75. The first-order valence-electron chi connectivity index (χ1n) is 5.96. The minimum atomic E-state index is -3.70. The molecule has 0 heterocycles. The third-order valence-electron chi connectivity index (χ3n) is 2.83. The van der Waals surface area contributed by atoms with E-state index in [2.05, 4.69) is 20.7 Å². The number of nitrogens with one attached hydrogen (secondary N) is 1. The minimum absolute atomic E-state index is 0.159. The lowest BCUT2D eigenvalue weighted by atomic mass is 10.2. The zero-order chi connectivity index (χ0) is 15.6. The lowest BCUT2D eigenvalue weighted by Crippen LogP contribution is -2.13. The first-order chi connectivity index (χ1) is 9.83. The van der Waals surface area contributed by atoms with Crippen LogP contribution in [0, 0.1) is 6.92 Å². The maximum atomic E-state index is 12.4. The van der Waals surface area contributed by atoms with Crippen molar-refractivity contribution in [2.45, 2.75) is 11.8 Å². The van der Waals surface area contributed by atoms with Gasteiger partial charge in [0.15, 0.2) is 0 Å². The Morgan fingerprint density at radius 2 is 1.95 bits per heavy atom. The highest BCUT2D eigenvalue weighted by atomic mass is 79.9. The molecule has 0 radical (unpaired) electrons. The molecule has 0 unspecified atom stereocenters.